The largest absolute Gasteiger partial charge is 0.444 e. The fraction of sp³-hybridized carbons (Fsp3) is 0.500. The highest BCUT2D eigenvalue weighted by molar-refractivity contribution is 7.30. The van der Waals surface area contributed by atoms with Gasteiger partial charge in [0.15, 0.2) is 34.6 Å². The third-order valence-corrected chi connectivity index (χ3v) is 15.7. The van der Waals surface area contributed by atoms with Crippen molar-refractivity contribution >= 4 is 93.8 Å². The first-order valence-electron chi connectivity index (χ1n) is 19.5. The first-order chi connectivity index (χ1) is 25.8. The number of benzene rings is 1. The van der Waals surface area contributed by atoms with Crippen LogP contribution in [0.3, 0.4) is 0 Å². The Labute approximate surface area is 314 Å². The van der Waals surface area contributed by atoms with E-state index >= 15 is 0 Å². The Morgan fingerprint density at radius 1 is 0.623 bits per heavy atom. The van der Waals surface area contributed by atoms with E-state index in [-0.39, 0.29) is 64.8 Å². The molecule has 0 aliphatic heterocycles. The van der Waals surface area contributed by atoms with Gasteiger partial charge in [0.25, 0.3) is 0 Å². The van der Waals surface area contributed by atoms with E-state index in [4.69, 9.17) is 14.7 Å². The van der Waals surface area contributed by atoms with E-state index in [1.807, 2.05) is 30.3 Å². The maximum Gasteiger partial charge on any atom is 0.419 e. The number of carbonyl (C=O) groups excluding carboxylic acids is 5. The molecule has 3 heterocycles. The molecule has 0 spiro atoms. The molecule has 6 saturated carbocycles. The molecule has 11 heteroatoms. The monoisotopic (exact) mass is 747 g/mol. The predicted molar refractivity (Wildman–Crippen MR) is 205 cm³/mol. The number of ether oxygens (including phenoxy) is 1. The summed E-state index contributed by atoms with van der Waals surface area (Å²) in [5.74, 6) is 0.366. The molecule has 0 bridgehead atoms. The van der Waals surface area contributed by atoms with Crippen molar-refractivity contribution in [3.8, 4) is 0 Å². The number of thiophene rings is 2. The highest BCUT2D eigenvalue weighted by Crippen LogP contribution is 2.51. The van der Waals surface area contributed by atoms with Gasteiger partial charge in [-0.3, -0.25) is 19.2 Å². The van der Waals surface area contributed by atoms with Crippen LogP contribution in [0.25, 0.3) is 20.4 Å². The van der Waals surface area contributed by atoms with E-state index in [1.165, 1.54) is 52.9 Å². The molecule has 0 amide bonds. The number of ketones is 4. The average molecular weight is 748 g/mol. The zero-order chi connectivity index (χ0) is 36.0. The van der Waals surface area contributed by atoms with E-state index in [2.05, 4.69) is 0 Å². The SMILES string of the molecule is O=C1C(=Nc2cc3c(s2)c2sc(N=C4C(=O)C5CC6CCCCC6CC5C4=O)cc2n3C(=O)OCc2ccccc2)C(=O)C2CC3CCCCC3CC12. The van der Waals surface area contributed by atoms with Crippen molar-refractivity contribution in [2.75, 3.05) is 0 Å². The molecule has 10 rings (SSSR count). The number of rotatable bonds is 4. The van der Waals surface area contributed by atoms with Gasteiger partial charge in [0, 0.05) is 23.7 Å². The summed E-state index contributed by atoms with van der Waals surface area (Å²) in [6.45, 7) is 0.0704. The minimum atomic E-state index is -0.592. The van der Waals surface area contributed by atoms with Crippen molar-refractivity contribution in [1.29, 1.82) is 0 Å². The highest BCUT2D eigenvalue weighted by Gasteiger charge is 2.53. The molecule has 6 aliphatic carbocycles. The van der Waals surface area contributed by atoms with E-state index in [1.54, 1.807) is 12.1 Å². The molecule has 6 aliphatic rings. The smallest absolute Gasteiger partial charge is 0.419 e. The Morgan fingerprint density at radius 3 is 1.42 bits per heavy atom. The summed E-state index contributed by atoms with van der Waals surface area (Å²) in [6.07, 6.45) is 11.8. The molecular formula is C42H41N3O6S2. The molecule has 9 nitrogen and oxygen atoms in total. The number of hydrogen-bond acceptors (Lipinski definition) is 10. The summed E-state index contributed by atoms with van der Waals surface area (Å²) in [5, 5.41) is 0.949. The van der Waals surface area contributed by atoms with Gasteiger partial charge in [-0.2, -0.15) is 0 Å². The summed E-state index contributed by atoms with van der Waals surface area (Å²) in [7, 11) is 0. The van der Waals surface area contributed by atoms with Crippen molar-refractivity contribution in [1.82, 2.24) is 4.57 Å². The number of hydrogen-bond donors (Lipinski definition) is 0. The van der Waals surface area contributed by atoms with Crippen LogP contribution in [0.5, 0.6) is 0 Å². The van der Waals surface area contributed by atoms with E-state index < -0.39 is 6.09 Å². The van der Waals surface area contributed by atoms with Crippen LogP contribution in [-0.4, -0.2) is 45.2 Å². The van der Waals surface area contributed by atoms with Crippen LogP contribution < -0.4 is 0 Å². The van der Waals surface area contributed by atoms with E-state index in [0.29, 0.717) is 44.7 Å². The van der Waals surface area contributed by atoms with Gasteiger partial charge in [-0.1, -0.05) is 81.7 Å². The van der Waals surface area contributed by atoms with Crippen molar-refractivity contribution in [2.24, 2.45) is 57.3 Å². The van der Waals surface area contributed by atoms with Gasteiger partial charge in [0.1, 0.15) is 16.6 Å². The van der Waals surface area contributed by atoms with Crippen molar-refractivity contribution in [2.45, 2.75) is 83.7 Å². The second-order valence-electron chi connectivity index (χ2n) is 16.3. The van der Waals surface area contributed by atoms with Gasteiger partial charge < -0.3 is 4.74 Å². The van der Waals surface area contributed by atoms with Gasteiger partial charge in [-0.15, -0.1) is 22.7 Å². The van der Waals surface area contributed by atoms with Crippen LogP contribution in [-0.2, 0) is 30.5 Å². The molecule has 3 aromatic heterocycles. The number of fused-ring (bicyclic) bond motifs is 7. The van der Waals surface area contributed by atoms with Crippen molar-refractivity contribution in [3.63, 3.8) is 0 Å². The van der Waals surface area contributed by atoms with Crippen LogP contribution in [0.2, 0.25) is 0 Å². The fourth-order valence-corrected chi connectivity index (χ4v) is 13.1. The van der Waals surface area contributed by atoms with E-state index in [0.717, 1.165) is 66.3 Å². The summed E-state index contributed by atoms with van der Waals surface area (Å²) in [4.78, 5) is 78.0. The molecule has 0 saturated heterocycles. The third-order valence-electron chi connectivity index (χ3n) is 13.5. The third kappa shape index (κ3) is 5.55. The Balaban J connectivity index is 1.01. The number of Topliss-reactive ketones (excluding diaryl/α,β-unsaturated/α-hetero) is 4. The maximum atomic E-state index is 13.9. The Bertz CT molecular complexity index is 2080. The fourth-order valence-electron chi connectivity index (χ4n) is 10.9. The Morgan fingerprint density at radius 2 is 1.02 bits per heavy atom. The van der Waals surface area contributed by atoms with Gasteiger partial charge in [0.2, 0.25) is 0 Å². The zero-order valence-corrected chi connectivity index (χ0v) is 31.1. The molecule has 8 unspecified atom stereocenters. The molecule has 8 atom stereocenters. The molecule has 0 N–H and O–H groups in total. The normalized spacial score (nSPS) is 31.1. The summed E-state index contributed by atoms with van der Waals surface area (Å²) >= 11 is 2.63. The lowest BCUT2D eigenvalue weighted by atomic mass is 9.64. The van der Waals surface area contributed by atoms with Gasteiger partial charge in [0.05, 0.1) is 20.4 Å². The number of carbonyl (C=O) groups is 5. The Hall–Kier alpha value is -4.09. The molecule has 6 fully saturated rings. The van der Waals surface area contributed by atoms with Crippen LogP contribution in [0.1, 0.15) is 82.6 Å². The molecule has 4 aromatic rings. The van der Waals surface area contributed by atoms with Crippen LogP contribution in [0, 0.1) is 47.3 Å². The quantitative estimate of drug-likeness (QED) is 0.205. The molecular weight excluding hydrogens is 707 g/mol. The minimum absolute atomic E-state index is 0.0369. The topological polar surface area (TPSA) is 124 Å². The van der Waals surface area contributed by atoms with E-state index in [9.17, 15) is 24.0 Å². The van der Waals surface area contributed by atoms with Gasteiger partial charge in [-0.25, -0.2) is 19.3 Å². The lowest BCUT2D eigenvalue weighted by molar-refractivity contribution is -0.123. The summed E-state index contributed by atoms with van der Waals surface area (Å²) in [6, 6.07) is 12.9. The summed E-state index contributed by atoms with van der Waals surface area (Å²) in [5.41, 5.74) is 2.05. The minimum Gasteiger partial charge on any atom is -0.444 e. The number of aliphatic imine (C=N–C) groups is 2. The number of nitrogens with zero attached hydrogens (tertiary/aromatic N) is 3. The molecule has 0 radical (unpaired) electrons. The molecule has 1 aromatic carbocycles. The zero-order valence-electron chi connectivity index (χ0n) is 29.5. The second kappa shape index (κ2) is 13.0. The standard InChI is InChI=1S/C42H41N3O6S2/c46-36-26-14-22-10-4-5-11-23(22)15-27(26)37(47)34(36)43-32-18-30-40(52-32)41-31(45(30)42(50)51-20-21-8-2-1-3-9-21)19-33(53-41)44-35-38(48)28-16-24-12-6-7-13-25(24)17-29(28)39(35)49/h1-3,8-9,18-19,22-29H,4-7,10-17,20H2. The average Bonchev–Trinajstić information content (AvgIpc) is 3.95. The highest BCUT2D eigenvalue weighted by atomic mass is 32.1. The van der Waals surface area contributed by atoms with Crippen molar-refractivity contribution < 1.29 is 28.7 Å². The second-order valence-corrected chi connectivity index (χ2v) is 18.4. The van der Waals surface area contributed by atoms with Crippen molar-refractivity contribution in [3.05, 3.63) is 48.0 Å². The predicted octanol–water partition coefficient (Wildman–Crippen LogP) is 9.22. The van der Waals surface area contributed by atoms with Gasteiger partial charge >= 0.3 is 6.09 Å². The summed E-state index contributed by atoms with van der Waals surface area (Å²) < 4.78 is 8.79. The molecule has 53 heavy (non-hydrogen) atoms. The Kier molecular flexibility index (Phi) is 8.24. The first kappa shape index (κ1) is 33.5. The maximum absolute atomic E-state index is 13.9. The van der Waals surface area contributed by atoms with Crippen LogP contribution >= 0.6 is 22.7 Å². The van der Waals surface area contributed by atoms with Gasteiger partial charge in [-0.05, 0) is 67.1 Å². The number of aromatic nitrogens is 1. The van der Waals surface area contributed by atoms with Crippen LogP contribution in [0.15, 0.2) is 52.4 Å². The first-order valence-corrected chi connectivity index (χ1v) is 21.1. The van der Waals surface area contributed by atoms with Crippen LogP contribution in [0.4, 0.5) is 14.8 Å². The lowest BCUT2D eigenvalue weighted by Crippen LogP contribution is -2.35. The lowest BCUT2D eigenvalue weighted by Gasteiger charge is -2.39. The molecule has 272 valence electrons.